The maximum atomic E-state index is 12.3. The summed E-state index contributed by atoms with van der Waals surface area (Å²) in [5.74, 6) is -1.16. The molecule has 2 aliphatic carbocycles. The molecule has 0 spiro atoms. The molecule has 1 unspecified atom stereocenters. The smallest absolute Gasteiger partial charge is 0.307 e. The van der Waals surface area contributed by atoms with Gasteiger partial charge < -0.3 is 5.53 Å². The summed E-state index contributed by atoms with van der Waals surface area (Å²) in [6.07, 6.45) is 4.75. The first-order valence-corrected chi connectivity index (χ1v) is 5.52. The number of Topliss-reactive ketones (excluding diaryl/α,β-unsaturated/α-hetero) is 2. The summed E-state index contributed by atoms with van der Waals surface area (Å²) in [4.78, 5) is 27.7. The Hall–Kier alpha value is -2.58. The number of ketones is 2. The monoisotopic (exact) mass is 236 g/mol. The van der Waals surface area contributed by atoms with E-state index in [0.29, 0.717) is 16.7 Å². The molecule has 0 heterocycles. The number of nitrogens with zero attached hydrogens (tertiary/aromatic N) is 2. The summed E-state index contributed by atoms with van der Waals surface area (Å²) in [6.45, 7) is 0. The van der Waals surface area contributed by atoms with Gasteiger partial charge in [-0.1, -0.05) is 36.4 Å². The average Bonchev–Trinajstić information content (AvgIpc) is 2.44. The summed E-state index contributed by atoms with van der Waals surface area (Å²) < 4.78 is 0. The van der Waals surface area contributed by atoms with Gasteiger partial charge in [-0.15, -0.1) is 0 Å². The second kappa shape index (κ2) is 3.72. The molecule has 18 heavy (non-hydrogen) atoms. The Morgan fingerprint density at radius 1 is 1.11 bits per heavy atom. The van der Waals surface area contributed by atoms with Crippen molar-refractivity contribution in [2.45, 2.75) is 0 Å². The molecule has 4 heteroatoms. The number of carbonyl (C=O) groups is 2. The molecule has 3 rings (SSSR count). The fourth-order valence-corrected chi connectivity index (χ4v) is 2.38. The predicted molar refractivity (Wildman–Crippen MR) is 64.4 cm³/mol. The minimum atomic E-state index is -0.776. The van der Waals surface area contributed by atoms with Gasteiger partial charge in [0.15, 0.2) is 17.5 Å². The van der Waals surface area contributed by atoms with E-state index in [-0.39, 0.29) is 17.3 Å². The van der Waals surface area contributed by atoms with Crippen LogP contribution in [0.3, 0.4) is 0 Å². The lowest BCUT2D eigenvalue weighted by Crippen LogP contribution is -2.36. The molecule has 0 fully saturated rings. The van der Waals surface area contributed by atoms with Gasteiger partial charge in [0.2, 0.25) is 0 Å². The Balaban J connectivity index is 2.29. The topological polar surface area (TPSA) is 70.5 Å². The third kappa shape index (κ3) is 1.27. The van der Waals surface area contributed by atoms with Crippen molar-refractivity contribution >= 4 is 17.3 Å². The normalized spacial score (nSPS) is 21.0. The average molecular weight is 236 g/mol. The predicted octanol–water partition coefficient (Wildman–Crippen LogP) is 1.85. The molecule has 1 aromatic carbocycles. The number of hydrogen-bond acceptors (Lipinski definition) is 2. The van der Waals surface area contributed by atoms with Crippen LogP contribution in [-0.2, 0) is 0 Å². The van der Waals surface area contributed by atoms with Gasteiger partial charge in [-0.2, -0.15) is 4.79 Å². The van der Waals surface area contributed by atoms with Crippen LogP contribution in [0.1, 0.15) is 20.7 Å². The van der Waals surface area contributed by atoms with E-state index in [9.17, 15) is 9.59 Å². The maximum absolute atomic E-state index is 12.3. The third-order valence-electron chi connectivity index (χ3n) is 3.23. The Bertz CT molecular complexity index is 692. The summed E-state index contributed by atoms with van der Waals surface area (Å²) in [5.41, 5.74) is 10.3. The SMILES string of the molecule is [N-]=[N+]=C1C=CC=C2C(=O)c3ccccc3C(=O)C21. The van der Waals surface area contributed by atoms with Crippen molar-refractivity contribution in [1.82, 2.24) is 0 Å². The van der Waals surface area contributed by atoms with Crippen LogP contribution in [0.5, 0.6) is 0 Å². The highest BCUT2D eigenvalue weighted by Gasteiger charge is 2.43. The number of allylic oxidation sites excluding steroid dienone is 4. The van der Waals surface area contributed by atoms with Crippen molar-refractivity contribution in [1.29, 1.82) is 0 Å². The molecule has 0 amide bonds. The van der Waals surface area contributed by atoms with E-state index < -0.39 is 5.92 Å². The van der Waals surface area contributed by atoms with Crippen LogP contribution >= 0.6 is 0 Å². The highest BCUT2D eigenvalue weighted by molar-refractivity contribution is 6.31. The summed E-state index contributed by atoms with van der Waals surface area (Å²) in [7, 11) is 0. The van der Waals surface area contributed by atoms with E-state index in [4.69, 9.17) is 5.53 Å². The zero-order valence-electron chi connectivity index (χ0n) is 9.33. The Labute approximate surface area is 103 Å². The number of hydrogen-bond donors (Lipinski definition) is 0. The number of rotatable bonds is 0. The zero-order chi connectivity index (χ0) is 12.7. The molecule has 0 saturated heterocycles. The Morgan fingerprint density at radius 3 is 2.56 bits per heavy atom. The second-order valence-electron chi connectivity index (χ2n) is 4.18. The van der Waals surface area contributed by atoms with Gasteiger partial charge in [-0.25, -0.2) is 0 Å². The zero-order valence-corrected chi connectivity index (χ0v) is 9.33. The minimum absolute atomic E-state index is 0.180. The van der Waals surface area contributed by atoms with E-state index in [2.05, 4.69) is 4.79 Å². The molecule has 4 nitrogen and oxygen atoms in total. The van der Waals surface area contributed by atoms with Crippen molar-refractivity contribution in [3.05, 3.63) is 64.7 Å². The third-order valence-corrected chi connectivity index (χ3v) is 3.23. The lowest BCUT2D eigenvalue weighted by Gasteiger charge is -2.23. The standard InChI is InChI=1S/C14H8N2O2/c15-16-11-7-3-6-10-12(11)14(18)9-5-2-1-4-8(9)13(10)17/h1-7,12H. The van der Waals surface area contributed by atoms with Crippen LogP contribution < -0.4 is 0 Å². The molecule has 2 aliphatic rings. The minimum Gasteiger partial charge on any atom is -0.361 e. The molecule has 0 N–H and O–H groups in total. The molecule has 0 aliphatic heterocycles. The highest BCUT2D eigenvalue weighted by atomic mass is 16.1. The summed E-state index contributed by atoms with van der Waals surface area (Å²) in [6, 6.07) is 6.71. The van der Waals surface area contributed by atoms with Crippen molar-refractivity contribution in [2.75, 3.05) is 0 Å². The lowest BCUT2D eigenvalue weighted by molar-refractivity contribution is -0.00890. The molecule has 86 valence electrons. The van der Waals surface area contributed by atoms with Crippen LogP contribution in [0.2, 0.25) is 0 Å². The first-order valence-electron chi connectivity index (χ1n) is 5.52. The van der Waals surface area contributed by atoms with Gasteiger partial charge in [0, 0.05) is 22.8 Å². The molecular formula is C14H8N2O2. The van der Waals surface area contributed by atoms with Crippen molar-refractivity contribution in [3.8, 4) is 0 Å². The van der Waals surface area contributed by atoms with Crippen molar-refractivity contribution in [2.24, 2.45) is 5.92 Å². The maximum Gasteiger partial charge on any atom is 0.307 e. The van der Waals surface area contributed by atoms with Gasteiger partial charge in [0.05, 0.1) is 0 Å². The Morgan fingerprint density at radius 2 is 1.83 bits per heavy atom. The second-order valence-corrected chi connectivity index (χ2v) is 4.18. The first kappa shape index (κ1) is 10.6. The summed E-state index contributed by atoms with van der Waals surface area (Å²) in [5, 5.41) is 0. The van der Waals surface area contributed by atoms with Gasteiger partial charge in [0.1, 0.15) is 0 Å². The molecule has 0 aromatic heterocycles. The first-order chi connectivity index (χ1) is 8.74. The lowest BCUT2D eigenvalue weighted by atomic mass is 9.74. The van der Waals surface area contributed by atoms with Crippen molar-refractivity contribution in [3.63, 3.8) is 0 Å². The van der Waals surface area contributed by atoms with Crippen LogP contribution in [0.4, 0.5) is 0 Å². The highest BCUT2D eigenvalue weighted by Crippen LogP contribution is 2.32. The van der Waals surface area contributed by atoms with Crippen LogP contribution in [0.15, 0.2) is 48.1 Å². The molecule has 0 saturated carbocycles. The largest absolute Gasteiger partial charge is 0.361 e. The number of carbonyl (C=O) groups excluding carboxylic acids is 2. The van der Waals surface area contributed by atoms with Gasteiger partial charge in [-0.05, 0) is 0 Å². The van der Waals surface area contributed by atoms with Gasteiger partial charge >= 0.3 is 5.71 Å². The van der Waals surface area contributed by atoms with Gasteiger partial charge in [0.25, 0.3) is 0 Å². The van der Waals surface area contributed by atoms with E-state index in [1.54, 1.807) is 36.4 Å². The number of benzene rings is 1. The molecule has 0 bridgehead atoms. The summed E-state index contributed by atoms with van der Waals surface area (Å²) >= 11 is 0. The van der Waals surface area contributed by atoms with E-state index in [0.717, 1.165) is 0 Å². The molecule has 1 aromatic rings. The molecule has 0 radical (unpaired) electrons. The fourth-order valence-electron chi connectivity index (χ4n) is 2.38. The van der Waals surface area contributed by atoms with Crippen LogP contribution in [-0.4, -0.2) is 22.1 Å². The van der Waals surface area contributed by atoms with Crippen LogP contribution in [0, 0.1) is 5.92 Å². The van der Waals surface area contributed by atoms with Crippen LogP contribution in [0.25, 0.3) is 5.53 Å². The molecular weight excluding hydrogens is 228 g/mol. The number of fused-ring (bicyclic) bond motifs is 2. The Kier molecular flexibility index (Phi) is 2.18. The molecule has 1 atom stereocenters. The van der Waals surface area contributed by atoms with E-state index in [1.807, 2.05) is 0 Å². The van der Waals surface area contributed by atoms with Gasteiger partial charge in [-0.3, -0.25) is 9.59 Å². The fraction of sp³-hybridized carbons (Fsp3) is 0.0714. The quantitative estimate of drug-likeness (QED) is 0.509. The van der Waals surface area contributed by atoms with Crippen molar-refractivity contribution < 1.29 is 14.4 Å². The van der Waals surface area contributed by atoms with E-state index >= 15 is 0 Å². The van der Waals surface area contributed by atoms with E-state index in [1.165, 1.54) is 6.08 Å².